The first-order valence-corrected chi connectivity index (χ1v) is 3.96. The van der Waals surface area contributed by atoms with Crippen molar-refractivity contribution in [2.75, 3.05) is 13.2 Å². The summed E-state index contributed by atoms with van der Waals surface area (Å²) in [6.07, 6.45) is 0.463. The van der Waals surface area contributed by atoms with Gasteiger partial charge in [-0.3, -0.25) is 0 Å². The summed E-state index contributed by atoms with van der Waals surface area (Å²) < 4.78 is 51.6. The molecule has 4 nitrogen and oxygen atoms in total. The molecule has 0 aromatic rings. The average molecular weight is 230 g/mol. The normalized spacial score (nSPS) is 12.9. The van der Waals surface area contributed by atoms with Crippen LogP contribution in [0, 0.1) is 0 Å². The fourth-order valence-corrected chi connectivity index (χ4v) is 0.764. The van der Waals surface area contributed by atoms with Gasteiger partial charge in [0.25, 0.3) is 0 Å². The molecule has 0 saturated carbocycles. The van der Waals surface area contributed by atoms with E-state index in [0.29, 0.717) is 0 Å². The molecule has 15 heavy (non-hydrogen) atoms. The Balaban J connectivity index is 3.86. The minimum absolute atomic E-state index is 0.367. The molecule has 0 heterocycles. The van der Waals surface area contributed by atoms with Gasteiger partial charge < -0.3 is 4.74 Å². The Hall–Kier alpha value is -1.15. The zero-order valence-corrected chi connectivity index (χ0v) is 7.71. The molecule has 0 spiro atoms. The molecule has 0 rings (SSSR count). The predicted octanol–water partition coefficient (Wildman–Crippen LogP) is 1.62. The molecule has 0 aromatic carbocycles. The third-order valence-electron chi connectivity index (χ3n) is 1.49. The third-order valence-corrected chi connectivity index (χ3v) is 1.49. The molecule has 1 unspecified atom stereocenters. The summed E-state index contributed by atoms with van der Waals surface area (Å²) >= 11 is 0. The minimum Gasteiger partial charge on any atom is -0.462 e. The van der Waals surface area contributed by atoms with Crippen molar-refractivity contribution in [1.29, 1.82) is 0 Å². The molecule has 88 valence electrons. The molecule has 1 atom stereocenters. The molecule has 0 fully saturated rings. The van der Waals surface area contributed by atoms with Crippen LogP contribution in [0.3, 0.4) is 0 Å². The van der Waals surface area contributed by atoms with E-state index in [2.05, 4.69) is 11.3 Å². The third kappa shape index (κ3) is 6.86. The van der Waals surface area contributed by atoms with E-state index in [0.717, 1.165) is 6.08 Å². The van der Waals surface area contributed by atoms with Crippen molar-refractivity contribution in [1.82, 2.24) is 10.7 Å². The molecule has 0 radical (unpaired) electrons. The molecule has 0 aliphatic heterocycles. The van der Waals surface area contributed by atoms with Crippen molar-refractivity contribution in [2.24, 2.45) is 0 Å². The molecule has 0 saturated heterocycles. The minimum atomic E-state index is -1.68. The number of rotatable bonds is 7. The van der Waals surface area contributed by atoms with Crippen LogP contribution in [0.4, 0.5) is 17.9 Å². The zero-order chi connectivity index (χ0) is 11.8. The second-order valence-electron chi connectivity index (χ2n) is 2.56. The van der Waals surface area contributed by atoms with Crippen LogP contribution in [-0.2, 0) is 9.53 Å². The number of nitrogens with zero attached hydrogens (tertiary/aromatic N) is 2. The van der Waals surface area contributed by atoms with Gasteiger partial charge in [-0.15, -0.1) is 17.9 Å². The van der Waals surface area contributed by atoms with Gasteiger partial charge in [-0.2, -0.15) is 0 Å². The lowest BCUT2D eigenvalue weighted by molar-refractivity contribution is -0.232. The Morgan fingerprint density at radius 1 is 1.40 bits per heavy atom. The van der Waals surface area contributed by atoms with Crippen molar-refractivity contribution in [3.8, 4) is 0 Å². The fourth-order valence-electron chi connectivity index (χ4n) is 0.764. The van der Waals surface area contributed by atoms with Crippen molar-refractivity contribution < 1.29 is 27.5 Å². The summed E-state index contributed by atoms with van der Waals surface area (Å²) in [6.45, 7) is 1.59. The largest absolute Gasteiger partial charge is 0.462 e. The highest BCUT2D eigenvalue weighted by atomic mass is 19.4. The molecular formula is C7H10F4N2O2. The highest BCUT2D eigenvalue weighted by Crippen LogP contribution is 2.09. The summed E-state index contributed by atoms with van der Waals surface area (Å²) in [5.41, 5.74) is 0. The van der Waals surface area contributed by atoms with Crippen molar-refractivity contribution in [3.63, 3.8) is 0 Å². The second-order valence-corrected chi connectivity index (χ2v) is 2.56. The van der Waals surface area contributed by atoms with Gasteiger partial charge in [0.05, 0.1) is 19.2 Å². The number of hydrogen-bond donors (Lipinski definition) is 0. The first-order valence-electron chi connectivity index (χ1n) is 3.96. The molecule has 0 N–H and O–H groups in total. The molecule has 0 amide bonds. The standard InChI is InChI=1S/C7H10F4N2O2/c1-2-7(14)15-4-3-6(13(10)11)5-12(8)9/h2,6H,1,3-5H2. The van der Waals surface area contributed by atoms with Gasteiger partial charge in [-0.1, -0.05) is 6.58 Å². The van der Waals surface area contributed by atoms with Crippen LogP contribution in [0.15, 0.2) is 12.7 Å². The van der Waals surface area contributed by atoms with Crippen LogP contribution in [0.5, 0.6) is 0 Å². The van der Waals surface area contributed by atoms with Gasteiger partial charge in [0.1, 0.15) is 0 Å². The van der Waals surface area contributed by atoms with Crippen LogP contribution in [0.1, 0.15) is 6.42 Å². The maximum absolute atomic E-state index is 12.0. The smallest absolute Gasteiger partial charge is 0.330 e. The monoisotopic (exact) mass is 230 g/mol. The van der Waals surface area contributed by atoms with Gasteiger partial charge in [-0.05, 0) is 0 Å². The van der Waals surface area contributed by atoms with Crippen molar-refractivity contribution in [3.05, 3.63) is 12.7 Å². The molecule has 0 aromatic heterocycles. The summed E-state index contributed by atoms with van der Waals surface area (Å²) in [4.78, 5) is 10.5. The van der Waals surface area contributed by atoms with Gasteiger partial charge in [-0.25, -0.2) is 4.79 Å². The van der Waals surface area contributed by atoms with E-state index in [1.54, 1.807) is 0 Å². The molecular weight excluding hydrogens is 220 g/mol. The Kier molecular flexibility index (Phi) is 6.63. The predicted molar refractivity (Wildman–Crippen MR) is 42.5 cm³/mol. The SMILES string of the molecule is C=CC(=O)OCCC(CN(F)F)N(F)F. The maximum Gasteiger partial charge on any atom is 0.330 e. The number of carbonyl (C=O) groups is 1. The first-order chi connectivity index (χ1) is 6.97. The molecule has 0 bridgehead atoms. The van der Waals surface area contributed by atoms with Crippen molar-refractivity contribution in [2.45, 2.75) is 12.5 Å². The second kappa shape index (κ2) is 7.18. The topological polar surface area (TPSA) is 32.8 Å². The lowest BCUT2D eigenvalue weighted by Crippen LogP contribution is -2.31. The Bertz CT molecular complexity index is 213. The van der Waals surface area contributed by atoms with Crippen LogP contribution in [-0.4, -0.2) is 35.9 Å². The number of carbonyl (C=O) groups excluding carboxylic acids is 1. The quantitative estimate of drug-likeness (QED) is 0.288. The number of halogens is 4. The van der Waals surface area contributed by atoms with Crippen LogP contribution in [0.2, 0.25) is 0 Å². The lowest BCUT2D eigenvalue weighted by atomic mass is 10.2. The summed E-state index contributed by atoms with van der Waals surface area (Å²) in [5, 5.41) is -2.69. The fraction of sp³-hybridized carbons (Fsp3) is 0.571. The number of ether oxygens (including phenoxy) is 1. The maximum atomic E-state index is 12.0. The van der Waals surface area contributed by atoms with Crippen LogP contribution >= 0.6 is 0 Å². The molecule has 0 aliphatic rings. The Morgan fingerprint density at radius 3 is 2.40 bits per heavy atom. The van der Waals surface area contributed by atoms with E-state index < -0.39 is 35.7 Å². The summed E-state index contributed by atoms with van der Waals surface area (Å²) in [5.74, 6) is -0.782. The van der Waals surface area contributed by atoms with E-state index in [4.69, 9.17) is 0 Å². The average Bonchev–Trinajstić information content (AvgIpc) is 2.15. The summed E-state index contributed by atoms with van der Waals surface area (Å²) in [7, 11) is 0. The molecule has 0 aliphatic carbocycles. The Morgan fingerprint density at radius 2 is 2.00 bits per heavy atom. The molecule has 8 heteroatoms. The highest BCUT2D eigenvalue weighted by molar-refractivity contribution is 5.81. The Labute approximate surface area is 83.4 Å². The van der Waals surface area contributed by atoms with Crippen LogP contribution < -0.4 is 0 Å². The van der Waals surface area contributed by atoms with Crippen molar-refractivity contribution >= 4 is 5.97 Å². The van der Waals surface area contributed by atoms with E-state index in [1.165, 1.54) is 0 Å². The van der Waals surface area contributed by atoms with E-state index in [1.807, 2.05) is 0 Å². The van der Waals surface area contributed by atoms with E-state index in [-0.39, 0.29) is 6.61 Å². The summed E-state index contributed by atoms with van der Waals surface area (Å²) in [6, 6.07) is -1.68. The number of hydrogen-bond acceptors (Lipinski definition) is 4. The van der Waals surface area contributed by atoms with Gasteiger partial charge in [0.15, 0.2) is 0 Å². The zero-order valence-electron chi connectivity index (χ0n) is 7.71. The first kappa shape index (κ1) is 13.8. The van der Waals surface area contributed by atoms with Crippen LogP contribution in [0.25, 0.3) is 0 Å². The van der Waals surface area contributed by atoms with E-state index >= 15 is 0 Å². The van der Waals surface area contributed by atoms with Gasteiger partial charge in [0.2, 0.25) is 0 Å². The van der Waals surface area contributed by atoms with Gasteiger partial charge >= 0.3 is 5.97 Å². The lowest BCUT2D eigenvalue weighted by Gasteiger charge is -2.15. The number of esters is 1. The van der Waals surface area contributed by atoms with Gasteiger partial charge in [0, 0.05) is 23.2 Å². The highest BCUT2D eigenvalue weighted by Gasteiger charge is 2.22. The van der Waals surface area contributed by atoms with E-state index in [9.17, 15) is 22.7 Å².